The van der Waals surface area contributed by atoms with Gasteiger partial charge in [-0.1, -0.05) is 34.7 Å². The lowest BCUT2D eigenvalue weighted by molar-refractivity contribution is -0.655. The number of benzene rings is 1. The number of nitrogens with zero attached hydrogens (tertiary/aromatic N) is 2. The van der Waals surface area contributed by atoms with Gasteiger partial charge < -0.3 is 9.45 Å². The van der Waals surface area contributed by atoms with Gasteiger partial charge in [0.1, 0.15) is 16.0 Å². The summed E-state index contributed by atoms with van der Waals surface area (Å²) in [6.45, 7) is 7.61. The van der Waals surface area contributed by atoms with Gasteiger partial charge in [-0.15, -0.1) is 36.3 Å². The Morgan fingerprint density at radius 1 is 1.23 bits per heavy atom. The van der Waals surface area contributed by atoms with Crippen LogP contribution in [0.15, 0.2) is 63.2 Å². The number of halogens is 1. The van der Waals surface area contributed by atoms with E-state index in [1.165, 1.54) is 28.0 Å². The molecule has 2 aromatic heterocycles. The molecular formula is C23H24ClN3O6S6. The molecule has 0 atom stereocenters. The number of rotatable bonds is 8. The van der Waals surface area contributed by atoms with Gasteiger partial charge in [-0.25, -0.2) is 21.6 Å². The second-order valence-electron chi connectivity index (χ2n) is 7.97. The molecule has 1 amide bonds. The number of fused-ring (bicyclic) bond motifs is 2. The Kier molecular flexibility index (Phi) is 10.4. The number of amides is 1. The summed E-state index contributed by atoms with van der Waals surface area (Å²) in [5.74, 6) is -1.41. The van der Waals surface area contributed by atoms with E-state index in [9.17, 15) is 26.2 Å². The lowest BCUT2D eigenvalue weighted by Gasteiger charge is -2.22. The van der Waals surface area contributed by atoms with E-state index in [-0.39, 0.29) is 6.54 Å². The number of sulfonamides is 1. The first-order valence-electron chi connectivity index (χ1n) is 10.8. The monoisotopic (exact) mass is 665 g/mol. The molecule has 16 heteroatoms. The second kappa shape index (κ2) is 12.8. The molecule has 0 radical (unpaired) electrons. The first kappa shape index (κ1) is 31.7. The second-order valence-corrected chi connectivity index (χ2v) is 16.0. The Labute approximate surface area is 249 Å². The van der Waals surface area contributed by atoms with Crippen molar-refractivity contribution in [3.63, 3.8) is 0 Å². The van der Waals surface area contributed by atoms with E-state index in [0.717, 1.165) is 30.5 Å². The minimum absolute atomic E-state index is 0.202. The molecule has 1 aliphatic heterocycles. The summed E-state index contributed by atoms with van der Waals surface area (Å²) in [5, 5.41) is 1.66. The highest BCUT2D eigenvalue weighted by atomic mass is 35.5. The summed E-state index contributed by atoms with van der Waals surface area (Å²) in [6, 6.07) is 7.01. The summed E-state index contributed by atoms with van der Waals surface area (Å²) < 4.78 is 63.7. The summed E-state index contributed by atoms with van der Waals surface area (Å²) >= 11 is 12.0. The van der Waals surface area contributed by atoms with Crippen LogP contribution in [-0.4, -0.2) is 45.7 Å². The van der Waals surface area contributed by atoms with Crippen molar-refractivity contribution >= 4 is 105 Å². The van der Waals surface area contributed by atoms with E-state index in [1.54, 1.807) is 51.9 Å². The van der Waals surface area contributed by atoms with E-state index in [4.69, 9.17) is 11.6 Å². The molecule has 1 aliphatic rings. The van der Waals surface area contributed by atoms with Crippen molar-refractivity contribution in [2.45, 2.75) is 22.6 Å². The van der Waals surface area contributed by atoms with Gasteiger partial charge in [0.15, 0.2) is 4.01 Å². The van der Waals surface area contributed by atoms with E-state index in [1.807, 2.05) is 30.0 Å². The Bertz CT molecular complexity index is 1690. The van der Waals surface area contributed by atoms with Crippen molar-refractivity contribution in [1.82, 2.24) is 4.72 Å². The fourth-order valence-electron chi connectivity index (χ4n) is 3.53. The number of allylic oxidation sites excluding steroid dienone is 2. The number of carbonyl (C=O) groups excluding carboxylic acids is 1. The zero-order valence-corrected chi connectivity index (χ0v) is 26.6. The maximum Gasteiger partial charge on any atom is 0.299 e. The van der Waals surface area contributed by atoms with Gasteiger partial charge in [0.2, 0.25) is 22.1 Å². The van der Waals surface area contributed by atoms with Gasteiger partial charge >= 0.3 is 0 Å². The van der Waals surface area contributed by atoms with E-state index >= 15 is 0 Å². The van der Waals surface area contributed by atoms with Crippen LogP contribution in [0.2, 0.25) is 5.02 Å². The molecule has 9 nitrogen and oxygen atoms in total. The molecule has 210 valence electrons. The van der Waals surface area contributed by atoms with Crippen molar-refractivity contribution in [2.75, 3.05) is 23.3 Å². The topological polar surface area (TPSA) is 128 Å². The zero-order valence-electron chi connectivity index (χ0n) is 21.0. The van der Waals surface area contributed by atoms with Crippen LogP contribution in [0, 0.1) is 0 Å². The van der Waals surface area contributed by atoms with E-state index < -0.39 is 31.9 Å². The van der Waals surface area contributed by atoms with Crippen LogP contribution in [0.3, 0.4) is 0 Å². The van der Waals surface area contributed by atoms with Crippen LogP contribution < -0.4 is 14.2 Å². The van der Waals surface area contributed by atoms with Gasteiger partial charge in [-0.2, -0.15) is 4.57 Å². The first-order chi connectivity index (χ1) is 18.2. The number of thiazole rings is 1. The Morgan fingerprint density at radius 2 is 1.92 bits per heavy atom. The minimum atomic E-state index is -4.58. The Balaban J connectivity index is 0.00000205. The van der Waals surface area contributed by atoms with Crippen LogP contribution in [0.25, 0.3) is 15.6 Å². The Hall–Kier alpha value is -1.85. The highest BCUT2D eigenvalue weighted by molar-refractivity contribution is 8.03. The van der Waals surface area contributed by atoms with Crippen molar-refractivity contribution in [2.24, 2.45) is 0 Å². The molecule has 0 unspecified atom stereocenters. The summed E-state index contributed by atoms with van der Waals surface area (Å²) in [5.41, 5.74) is 2.07. The molecule has 0 fully saturated rings. The van der Waals surface area contributed by atoms with E-state index in [2.05, 4.69) is 13.2 Å². The quantitative estimate of drug-likeness (QED) is 0.155. The SMILES string of the molecule is C=C.CSc1cc2c(s1)sc(/C=C(C)\C=C1\Sc3ccc(Cl)cc3N1CS(=O)(=O)[O-])[n+]2CC(=O)NS(C)(=O)=O. The lowest BCUT2D eigenvalue weighted by atomic mass is 10.2. The number of anilines is 1. The third kappa shape index (κ3) is 8.33. The number of thiophene rings is 1. The number of hydrogen-bond acceptors (Lipinski definition) is 11. The molecule has 0 aliphatic carbocycles. The molecule has 0 saturated heterocycles. The summed E-state index contributed by atoms with van der Waals surface area (Å²) in [6.07, 6.45) is 6.46. The highest BCUT2D eigenvalue weighted by Gasteiger charge is 2.28. The number of thioether (sulfide) groups is 2. The fourth-order valence-corrected chi connectivity index (χ4v) is 9.28. The molecule has 0 saturated carbocycles. The molecule has 0 spiro atoms. The van der Waals surface area contributed by atoms with Gasteiger partial charge in [-0.05, 0) is 43.0 Å². The maximum atomic E-state index is 12.4. The molecule has 1 aromatic carbocycles. The normalized spacial score (nSPS) is 14.8. The van der Waals surface area contributed by atoms with Crippen LogP contribution in [0.1, 0.15) is 11.9 Å². The zero-order chi connectivity index (χ0) is 29.1. The smallest absolute Gasteiger partial charge is 0.299 e. The highest BCUT2D eigenvalue weighted by Crippen LogP contribution is 2.47. The number of hydrogen-bond donors (Lipinski definition) is 1. The van der Waals surface area contributed by atoms with Crippen LogP contribution in [0.5, 0.6) is 0 Å². The minimum Gasteiger partial charge on any atom is -0.747 e. The fraction of sp³-hybridized carbons (Fsp3) is 0.217. The molecule has 4 rings (SSSR count). The van der Waals surface area contributed by atoms with Crippen LogP contribution in [-0.2, 0) is 31.5 Å². The standard InChI is InChI=1S/C21H20ClN3O6S6.C2H4/c1-12(7-19-25(11-37(29,30)31)14-8-13(22)4-5-16(14)33-19)6-18-24(10-17(26)23-36(3,27)28)15-9-20(32-2)35-21(15)34-18;1-2/h4-9H,10-11H2,1-3H3,(H-,23,26,29,30,31);1-2H2. The van der Waals surface area contributed by atoms with Gasteiger partial charge in [0.25, 0.3) is 10.9 Å². The van der Waals surface area contributed by atoms with E-state index in [0.29, 0.717) is 20.7 Å². The summed E-state index contributed by atoms with van der Waals surface area (Å²) in [7, 11) is -8.29. The Morgan fingerprint density at radius 3 is 2.54 bits per heavy atom. The third-order valence-corrected chi connectivity index (χ3v) is 10.8. The molecule has 39 heavy (non-hydrogen) atoms. The average Bonchev–Trinajstić information content (AvgIpc) is 3.46. The van der Waals surface area contributed by atoms with Crippen molar-refractivity contribution in [3.8, 4) is 0 Å². The summed E-state index contributed by atoms with van der Waals surface area (Å²) in [4.78, 5) is 14.6. The number of aromatic nitrogens is 1. The molecule has 3 aromatic rings. The van der Waals surface area contributed by atoms with Crippen molar-refractivity contribution in [1.29, 1.82) is 0 Å². The molecule has 1 N–H and O–H groups in total. The maximum absolute atomic E-state index is 12.4. The van der Waals surface area contributed by atoms with Crippen LogP contribution >= 0.6 is 57.8 Å². The lowest BCUT2D eigenvalue weighted by Crippen LogP contribution is -2.45. The molecular weight excluding hydrogens is 642 g/mol. The first-order valence-corrected chi connectivity index (χ1v) is 18.3. The molecule has 3 heterocycles. The molecule has 0 bridgehead atoms. The van der Waals surface area contributed by atoms with Crippen LogP contribution in [0.4, 0.5) is 5.69 Å². The van der Waals surface area contributed by atoms with Crippen molar-refractivity contribution < 1.29 is 30.7 Å². The van der Waals surface area contributed by atoms with Gasteiger partial charge in [0, 0.05) is 22.1 Å². The number of nitrogens with one attached hydrogen (secondary N) is 1. The average molecular weight is 666 g/mol. The predicted molar refractivity (Wildman–Crippen MR) is 162 cm³/mol. The van der Waals surface area contributed by atoms with Gasteiger partial charge in [-0.3, -0.25) is 4.79 Å². The third-order valence-electron chi connectivity index (χ3n) is 4.90. The number of carbonyl (C=O) groups is 1. The predicted octanol–water partition coefficient (Wildman–Crippen LogP) is 4.86. The largest absolute Gasteiger partial charge is 0.747 e. The van der Waals surface area contributed by atoms with Crippen molar-refractivity contribution in [3.05, 3.63) is 64.1 Å². The van der Waals surface area contributed by atoms with Gasteiger partial charge in [0.05, 0.1) is 21.2 Å².